The summed E-state index contributed by atoms with van der Waals surface area (Å²) < 4.78 is 1.78. The molecule has 3 aromatic rings. The molecular weight excluding hydrogens is 352 g/mol. The van der Waals surface area contributed by atoms with Crippen molar-refractivity contribution >= 4 is 11.7 Å². The number of fused-ring (bicyclic) bond motifs is 1. The third kappa shape index (κ3) is 3.05. The lowest BCUT2D eigenvalue weighted by Crippen LogP contribution is -2.63. The van der Waals surface area contributed by atoms with Gasteiger partial charge >= 0.3 is 0 Å². The highest BCUT2D eigenvalue weighted by Gasteiger charge is 2.37. The normalized spacial score (nSPS) is 21.0. The summed E-state index contributed by atoms with van der Waals surface area (Å²) in [5, 5.41) is 7.79. The second-order valence-electron chi connectivity index (χ2n) is 7.91. The van der Waals surface area contributed by atoms with Crippen LogP contribution in [0.15, 0.2) is 43.0 Å². The van der Waals surface area contributed by atoms with Gasteiger partial charge in [0.15, 0.2) is 0 Å². The SMILES string of the molecule is CC1CCCCN1C1CN(C(=O)c2cccc(-c3cnc4nncn4c3)c2)C1. The standard InChI is InChI=1S/C21H24N6O/c1-15-5-2-3-8-27(15)19-12-25(13-19)20(28)17-7-4-6-16(9-17)18-10-22-21-24-23-14-26(21)11-18/h4,6-7,9-11,14-15,19H,2-3,5,8,12-13H2,1H3. The molecule has 1 aromatic carbocycles. The van der Waals surface area contributed by atoms with Gasteiger partial charge in [-0.2, -0.15) is 0 Å². The Kier molecular flexibility index (Phi) is 4.31. The maximum Gasteiger partial charge on any atom is 0.254 e. The van der Waals surface area contributed by atoms with Crippen LogP contribution in [0.25, 0.3) is 16.9 Å². The topological polar surface area (TPSA) is 66.6 Å². The first-order valence-electron chi connectivity index (χ1n) is 10.00. The zero-order valence-corrected chi connectivity index (χ0v) is 16.0. The first-order chi connectivity index (χ1) is 13.7. The molecular formula is C21H24N6O. The monoisotopic (exact) mass is 376 g/mol. The first kappa shape index (κ1) is 17.3. The number of nitrogens with zero attached hydrogens (tertiary/aromatic N) is 6. The van der Waals surface area contributed by atoms with E-state index in [-0.39, 0.29) is 5.91 Å². The predicted octanol–water partition coefficient (Wildman–Crippen LogP) is 2.49. The van der Waals surface area contributed by atoms with E-state index in [1.807, 2.05) is 35.4 Å². The number of carbonyl (C=O) groups excluding carboxylic acids is 1. The van der Waals surface area contributed by atoms with E-state index in [9.17, 15) is 4.79 Å². The van der Waals surface area contributed by atoms with Gasteiger partial charge in [-0.15, -0.1) is 10.2 Å². The van der Waals surface area contributed by atoms with Crippen LogP contribution in [0.3, 0.4) is 0 Å². The smallest absolute Gasteiger partial charge is 0.254 e. The van der Waals surface area contributed by atoms with Crippen molar-refractivity contribution in [1.29, 1.82) is 0 Å². The van der Waals surface area contributed by atoms with Gasteiger partial charge in [-0.1, -0.05) is 18.6 Å². The van der Waals surface area contributed by atoms with Crippen molar-refractivity contribution in [1.82, 2.24) is 29.4 Å². The molecule has 0 N–H and O–H groups in total. The van der Waals surface area contributed by atoms with Gasteiger partial charge in [0.05, 0.1) is 0 Å². The van der Waals surface area contributed by atoms with Gasteiger partial charge < -0.3 is 4.90 Å². The second kappa shape index (κ2) is 6.98. The first-order valence-corrected chi connectivity index (χ1v) is 10.00. The van der Waals surface area contributed by atoms with E-state index in [1.165, 1.54) is 25.8 Å². The molecule has 7 nitrogen and oxygen atoms in total. The number of likely N-dealkylation sites (tertiary alicyclic amines) is 2. The van der Waals surface area contributed by atoms with Gasteiger partial charge in [0.2, 0.25) is 0 Å². The zero-order valence-electron chi connectivity index (χ0n) is 16.0. The van der Waals surface area contributed by atoms with E-state index in [0.29, 0.717) is 17.9 Å². The minimum Gasteiger partial charge on any atom is -0.335 e. The highest BCUT2D eigenvalue weighted by atomic mass is 16.2. The molecule has 2 aromatic heterocycles. The Labute approximate surface area is 164 Å². The van der Waals surface area contributed by atoms with Crippen LogP contribution in [-0.2, 0) is 0 Å². The van der Waals surface area contributed by atoms with Crippen LogP contribution in [0.5, 0.6) is 0 Å². The number of hydrogen-bond donors (Lipinski definition) is 0. The third-order valence-corrected chi connectivity index (χ3v) is 6.07. The number of piperidine rings is 1. The minimum atomic E-state index is 0.112. The maximum atomic E-state index is 13.0. The maximum absolute atomic E-state index is 13.0. The van der Waals surface area contributed by atoms with Crippen LogP contribution in [0.2, 0.25) is 0 Å². The highest BCUT2D eigenvalue weighted by Crippen LogP contribution is 2.26. The number of hydrogen-bond acceptors (Lipinski definition) is 5. The van der Waals surface area contributed by atoms with E-state index in [0.717, 1.165) is 29.8 Å². The fourth-order valence-corrected chi connectivity index (χ4v) is 4.39. The lowest BCUT2D eigenvalue weighted by Gasteiger charge is -2.49. The molecule has 1 atom stereocenters. The lowest BCUT2D eigenvalue weighted by atomic mass is 9.96. The fraction of sp³-hybridized carbons (Fsp3) is 0.429. The van der Waals surface area contributed by atoms with Gasteiger partial charge in [-0.3, -0.25) is 14.1 Å². The summed E-state index contributed by atoms with van der Waals surface area (Å²) in [6.07, 6.45) is 9.21. The molecule has 7 heteroatoms. The summed E-state index contributed by atoms with van der Waals surface area (Å²) in [6, 6.07) is 8.93. The summed E-state index contributed by atoms with van der Waals surface area (Å²) in [6.45, 7) is 5.15. The van der Waals surface area contributed by atoms with Gasteiger partial charge in [-0.05, 0) is 44.0 Å². The summed E-state index contributed by atoms with van der Waals surface area (Å²) >= 11 is 0. The molecule has 2 aliphatic heterocycles. The van der Waals surface area contributed by atoms with Gasteiger partial charge in [-0.25, -0.2) is 4.98 Å². The van der Waals surface area contributed by atoms with Crippen LogP contribution >= 0.6 is 0 Å². The molecule has 2 fully saturated rings. The van der Waals surface area contributed by atoms with Crippen molar-refractivity contribution in [3.8, 4) is 11.1 Å². The molecule has 1 unspecified atom stereocenters. The van der Waals surface area contributed by atoms with Crippen molar-refractivity contribution in [2.24, 2.45) is 0 Å². The molecule has 144 valence electrons. The summed E-state index contributed by atoms with van der Waals surface area (Å²) in [7, 11) is 0. The van der Waals surface area contributed by atoms with Crippen molar-refractivity contribution in [3.63, 3.8) is 0 Å². The largest absolute Gasteiger partial charge is 0.335 e. The van der Waals surface area contributed by atoms with Crippen molar-refractivity contribution in [3.05, 3.63) is 48.5 Å². The highest BCUT2D eigenvalue weighted by molar-refractivity contribution is 5.96. The molecule has 0 aliphatic carbocycles. The quantitative estimate of drug-likeness (QED) is 0.703. The van der Waals surface area contributed by atoms with Crippen LogP contribution in [0, 0.1) is 0 Å². The van der Waals surface area contributed by atoms with Crippen molar-refractivity contribution in [2.75, 3.05) is 19.6 Å². The van der Waals surface area contributed by atoms with Gasteiger partial charge in [0.25, 0.3) is 11.7 Å². The number of carbonyl (C=O) groups is 1. The molecule has 5 rings (SSSR count). The van der Waals surface area contributed by atoms with Gasteiger partial charge in [0, 0.05) is 48.7 Å². The van der Waals surface area contributed by atoms with Gasteiger partial charge in [0.1, 0.15) is 6.33 Å². The molecule has 0 bridgehead atoms. The third-order valence-electron chi connectivity index (χ3n) is 6.07. The number of rotatable bonds is 3. The van der Waals surface area contributed by atoms with E-state index >= 15 is 0 Å². The molecule has 2 aliphatic rings. The number of amides is 1. The molecule has 0 saturated carbocycles. The lowest BCUT2D eigenvalue weighted by molar-refractivity contribution is 0.00213. The van der Waals surface area contributed by atoms with Crippen LogP contribution < -0.4 is 0 Å². The van der Waals surface area contributed by atoms with E-state index in [2.05, 4.69) is 27.0 Å². The van der Waals surface area contributed by atoms with Crippen LogP contribution in [0.1, 0.15) is 36.5 Å². The number of aromatic nitrogens is 4. The Morgan fingerprint density at radius 1 is 1.18 bits per heavy atom. The van der Waals surface area contributed by atoms with E-state index < -0.39 is 0 Å². The van der Waals surface area contributed by atoms with E-state index in [1.54, 1.807) is 16.9 Å². The average Bonchev–Trinajstić information content (AvgIpc) is 3.16. The Hall–Kier alpha value is -2.80. The Balaban J connectivity index is 1.30. The average molecular weight is 376 g/mol. The fourth-order valence-electron chi connectivity index (χ4n) is 4.39. The summed E-state index contributed by atoms with van der Waals surface area (Å²) in [5.74, 6) is 0.677. The molecule has 1 amide bonds. The zero-order chi connectivity index (χ0) is 19.1. The predicted molar refractivity (Wildman–Crippen MR) is 106 cm³/mol. The van der Waals surface area contributed by atoms with Crippen molar-refractivity contribution in [2.45, 2.75) is 38.3 Å². The van der Waals surface area contributed by atoms with E-state index in [4.69, 9.17) is 0 Å². The summed E-state index contributed by atoms with van der Waals surface area (Å²) in [5.41, 5.74) is 2.63. The molecule has 28 heavy (non-hydrogen) atoms. The minimum absolute atomic E-state index is 0.112. The van der Waals surface area contributed by atoms with Crippen molar-refractivity contribution < 1.29 is 4.79 Å². The Bertz CT molecular complexity index is 1010. The molecule has 4 heterocycles. The molecule has 2 saturated heterocycles. The molecule has 0 radical (unpaired) electrons. The molecule has 0 spiro atoms. The second-order valence-corrected chi connectivity index (χ2v) is 7.91. The Morgan fingerprint density at radius 2 is 2.07 bits per heavy atom. The summed E-state index contributed by atoms with van der Waals surface area (Å²) in [4.78, 5) is 21.8. The Morgan fingerprint density at radius 3 is 2.93 bits per heavy atom. The van der Waals surface area contributed by atoms with Crippen LogP contribution in [0.4, 0.5) is 0 Å². The number of benzene rings is 1. The van der Waals surface area contributed by atoms with Crippen LogP contribution in [-0.4, -0.2) is 67.0 Å².